The fourth-order valence-corrected chi connectivity index (χ4v) is 1.59. The van der Waals surface area contributed by atoms with Gasteiger partial charge in [0.15, 0.2) is 0 Å². The second-order valence-electron chi connectivity index (χ2n) is 4.59. The van der Waals surface area contributed by atoms with Gasteiger partial charge in [0.1, 0.15) is 0 Å². The molecule has 0 aliphatic rings. The third-order valence-corrected chi connectivity index (χ3v) is 2.94. The van der Waals surface area contributed by atoms with Gasteiger partial charge in [-0.05, 0) is 39.3 Å². The third kappa shape index (κ3) is 8.05. The van der Waals surface area contributed by atoms with E-state index in [2.05, 4.69) is 11.8 Å². The van der Waals surface area contributed by atoms with Gasteiger partial charge in [-0.2, -0.15) is 0 Å². The lowest BCUT2D eigenvalue weighted by Crippen LogP contribution is -2.34. The number of hydrogen-bond acceptors (Lipinski definition) is 4. The summed E-state index contributed by atoms with van der Waals surface area (Å²) < 4.78 is 5.05. The molecule has 0 amide bonds. The number of nitrogens with two attached hydrogens (primary N) is 1. The minimum absolute atomic E-state index is 0.341. The molecule has 0 fully saturated rings. The van der Waals surface area contributed by atoms with Gasteiger partial charge in [0.05, 0.1) is 12.2 Å². The number of hydrogen-bond donors (Lipinski definition) is 2. The van der Waals surface area contributed by atoms with Crippen molar-refractivity contribution in [2.75, 3.05) is 39.9 Å². The van der Waals surface area contributed by atoms with Gasteiger partial charge in [-0.1, -0.05) is 6.92 Å². The molecule has 0 saturated carbocycles. The summed E-state index contributed by atoms with van der Waals surface area (Å²) in [6.45, 7) is 8.20. The molecule has 16 heavy (non-hydrogen) atoms. The highest BCUT2D eigenvalue weighted by Crippen LogP contribution is 2.11. The Balaban J connectivity index is 3.55. The highest BCUT2D eigenvalue weighted by atomic mass is 16.5. The molecule has 4 nitrogen and oxygen atoms in total. The Hall–Kier alpha value is -0.160. The topological polar surface area (TPSA) is 58.7 Å². The zero-order valence-electron chi connectivity index (χ0n) is 11.0. The van der Waals surface area contributed by atoms with E-state index < -0.39 is 5.60 Å². The summed E-state index contributed by atoms with van der Waals surface area (Å²) in [6.07, 6.45) is 2.91. The summed E-state index contributed by atoms with van der Waals surface area (Å²) in [4.78, 5) is 2.36. The van der Waals surface area contributed by atoms with Crippen LogP contribution in [0.5, 0.6) is 0 Å². The first-order valence-corrected chi connectivity index (χ1v) is 6.19. The number of rotatable bonds is 10. The predicted octanol–water partition coefficient (Wildman–Crippen LogP) is 0.835. The second kappa shape index (κ2) is 8.93. The first-order chi connectivity index (χ1) is 7.55. The fraction of sp³-hybridized carbons (Fsp3) is 1.00. The van der Waals surface area contributed by atoms with Crippen LogP contribution in [0.3, 0.4) is 0 Å². The number of methoxy groups -OCH3 is 1. The van der Waals surface area contributed by atoms with Crippen LogP contribution < -0.4 is 5.73 Å². The molecule has 0 spiro atoms. The number of ether oxygens (including phenoxy) is 1. The number of nitrogens with zero attached hydrogens (tertiary/aromatic N) is 1. The molecule has 0 radical (unpaired) electrons. The van der Waals surface area contributed by atoms with Crippen LogP contribution in [-0.4, -0.2) is 55.5 Å². The van der Waals surface area contributed by atoms with Crippen molar-refractivity contribution < 1.29 is 9.84 Å². The molecule has 98 valence electrons. The van der Waals surface area contributed by atoms with Gasteiger partial charge >= 0.3 is 0 Å². The molecule has 0 aromatic heterocycles. The van der Waals surface area contributed by atoms with Gasteiger partial charge in [0.2, 0.25) is 0 Å². The summed E-state index contributed by atoms with van der Waals surface area (Å²) in [5, 5.41) is 9.73. The molecule has 0 heterocycles. The van der Waals surface area contributed by atoms with Crippen molar-refractivity contribution in [3.63, 3.8) is 0 Å². The Morgan fingerprint density at radius 2 is 2.00 bits per heavy atom. The summed E-state index contributed by atoms with van der Waals surface area (Å²) >= 11 is 0. The first-order valence-electron chi connectivity index (χ1n) is 6.19. The van der Waals surface area contributed by atoms with Crippen LogP contribution in [0.4, 0.5) is 0 Å². The van der Waals surface area contributed by atoms with E-state index in [1.165, 1.54) is 0 Å². The maximum absolute atomic E-state index is 9.73. The average Bonchev–Trinajstić information content (AvgIpc) is 2.28. The Labute approximate surface area is 99.8 Å². The number of likely N-dealkylation sites (N-methyl/N-ethyl adjacent to an activating group) is 1. The molecule has 3 N–H and O–H groups in total. The summed E-state index contributed by atoms with van der Waals surface area (Å²) in [7, 11) is 1.73. The maximum atomic E-state index is 9.73. The smallest absolute Gasteiger partial charge is 0.0741 e. The SMILES string of the molecule is CCN(CCCCC(C)(O)CN)CCOC. The van der Waals surface area contributed by atoms with Crippen molar-refractivity contribution in [3.05, 3.63) is 0 Å². The van der Waals surface area contributed by atoms with E-state index in [9.17, 15) is 5.11 Å². The predicted molar refractivity (Wildman–Crippen MR) is 67.5 cm³/mol. The van der Waals surface area contributed by atoms with E-state index in [1.54, 1.807) is 14.0 Å². The number of unbranched alkanes of at least 4 members (excludes halogenated alkanes) is 1. The monoisotopic (exact) mass is 232 g/mol. The Bertz CT molecular complexity index is 163. The van der Waals surface area contributed by atoms with Crippen molar-refractivity contribution in [2.45, 2.75) is 38.7 Å². The standard InChI is InChI=1S/C12H28N2O2/c1-4-14(9-10-16-3)8-6-5-7-12(2,15)11-13/h15H,4-11,13H2,1-3H3. The second-order valence-corrected chi connectivity index (χ2v) is 4.59. The maximum Gasteiger partial charge on any atom is 0.0741 e. The van der Waals surface area contributed by atoms with Crippen LogP contribution >= 0.6 is 0 Å². The molecular weight excluding hydrogens is 204 g/mol. The Morgan fingerprint density at radius 1 is 1.31 bits per heavy atom. The lowest BCUT2D eigenvalue weighted by Gasteiger charge is -2.23. The van der Waals surface area contributed by atoms with Crippen molar-refractivity contribution in [2.24, 2.45) is 5.73 Å². The Kier molecular flexibility index (Phi) is 8.84. The lowest BCUT2D eigenvalue weighted by atomic mass is 9.99. The molecule has 0 rings (SSSR count). The van der Waals surface area contributed by atoms with Crippen molar-refractivity contribution >= 4 is 0 Å². The molecule has 0 bridgehead atoms. The zero-order valence-corrected chi connectivity index (χ0v) is 11.0. The van der Waals surface area contributed by atoms with Crippen LogP contribution in [-0.2, 0) is 4.74 Å². The van der Waals surface area contributed by atoms with Gasteiger partial charge in [0.25, 0.3) is 0 Å². The largest absolute Gasteiger partial charge is 0.389 e. The van der Waals surface area contributed by atoms with Gasteiger partial charge < -0.3 is 20.5 Å². The normalized spacial score (nSPS) is 15.4. The fourth-order valence-electron chi connectivity index (χ4n) is 1.59. The molecule has 4 heteroatoms. The van der Waals surface area contributed by atoms with Crippen molar-refractivity contribution in [1.82, 2.24) is 4.90 Å². The summed E-state index contributed by atoms with van der Waals surface area (Å²) in [5.74, 6) is 0. The molecule has 0 saturated heterocycles. The van der Waals surface area contributed by atoms with Crippen LogP contribution in [0.25, 0.3) is 0 Å². The van der Waals surface area contributed by atoms with Gasteiger partial charge in [-0.15, -0.1) is 0 Å². The van der Waals surface area contributed by atoms with Gasteiger partial charge in [0, 0.05) is 20.2 Å². The van der Waals surface area contributed by atoms with E-state index >= 15 is 0 Å². The molecule has 0 aliphatic carbocycles. The van der Waals surface area contributed by atoms with Crippen LogP contribution in [0.15, 0.2) is 0 Å². The van der Waals surface area contributed by atoms with E-state index in [4.69, 9.17) is 10.5 Å². The summed E-state index contributed by atoms with van der Waals surface area (Å²) in [5.41, 5.74) is 4.77. The summed E-state index contributed by atoms with van der Waals surface area (Å²) in [6, 6.07) is 0. The molecule has 0 aromatic rings. The first kappa shape index (κ1) is 15.8. The molecular formula is C12H28N2O2. The molecule has 0 aromatic carbocycles. The quantitative estimate of drug-likeness (QED) is 0.548. The van der Waals surface area contributed by atoms with Crippen molar-refractivity contribution in [3.8, 4) is 0 Å². The van der Waals surface area contributed by atoms with Crippen LogP contribution in [0.2, 0.25) is 0 Å². The van der Waals surface area contributed by atoms with E-state index in [1.807, 2.05) is 0 Å². The van der Waals surface area contributed by atoms with E-state index in [-0.39, 0.29) is 0 Å². The minimum atomic E-state index is -0.691. The van der Waals surface area contributed by atoms with Gasteiger partial charge in [-0.25, -0.2) is 0 Å². The minimum Gasteiger partial charge on any atom is -0.389 e. The van der Waals surface area contributed by atoms with E-state index in [0.29, 0.717) is 6.54 Å². The molecule has 1 unspecified atom stereocenters. The highest BCUT2D eigenvalue weighted by molar-refractivity contribution is 4.73. The van der Waals surface area contributed by atoms with E-state index in [0.717, 1.165) is 45.5 Å². The number of aliphatic hydroxyl groups is 1. The van der Waals surface area contributed by atoms with Crippen LogP contribution in [0.1, 0.15) is 33.1 Å². The Morgan fingerprint density at radius 3 is 2.50 bits per heavy atom. The highest BCUT2D eigenvalue weighted by Gasteiger charge is 2.16. The zero-order chi connectivity index (χ0) is 12.4. The lowest BCUT2D eigenvalue weighted by molar-refractivity contribution is 0.0560. The molecule has 0 aliphatic heterocycles. The molecule has 1 atom stereocenters. The average molecular weight is 232 g/mol. The van der Waals surface area contributed by atoms with Gasteiger partial charge in [-0.3, -0.25) is 0 Å². The third-order valence-electron chi connectivity index (χ3n) is 2.94. The van der Waals surface area contributed by atoms with Crippen LogP contribution in [0, 0.1) is 0 Å². The van der Waals surface area contributed by atoms with Crippen molar-refractivity contribution in [1.29, 1.82) is 0 Å².